The summed E-state index contributed by atoms with van der Waals surface area (Å²) in [5, 5.41) is 0. The normalized spacial score (nSPS) is 18.3. The summed E-state index contributed by atoms with van der Waals surface area (Å²) in [4.78, 5) is 2.27. The van der Waals surface area contributed by atoms with Gasteiger partial charge in [-0.25, -0.2) is 0 Å². The number of nitrogens with zero attached hydrogens (tertiary/aromatic N) is 1. The number of rotatable bonds is 2. The van der Waals surface area contributed by atoms with Crippen LogP contribution in [0.2, 0.25) is 0 Å². The van der Waals surface area contributed by atoms with Crippen molar-refractivity contribution in [2.24, 2.45) is 0 Å². The van der Waals surface area contributed by atoms with Crippen molar-refractivity contribution in [2.45, 2.75) is 26.0 Å². The molecule has 1 aromatic heterocycles. The van der Waals surface area contributed by atoms with Gasteiger partial charge in [0.25, 0.3) is 0 Å². The molecule has 1 aliphatic rings. The van der Waals surface area contributed by atoms with E-state index in [1.54, 1.807) is 0 Å². The van der Waals surface area contributed by atoms with Crippen LogP contribution >= 0.6 is 44.3 Å². The van der Waals surface area contributed by atoms with Gasteiger partial charge < -0.3 is 9.15 Å². The lowest BCUT2D eigenvalue weighted by atomic mass is 10.1. The Labute approximate surface area is 153 Å². The molecule has 0 amide bonds. The zero-order valence-electron chi connectivity index (χ0n) is 12.4. The molecule has 3 rings (SSSR count). The van der Waals surface area contributed by atoms with Crippen LogP contribution in [0.25, 0.3) is 0 Å². The van der Waals surface area contributed by atoms with Crippen molar-refractivity contribution in [1.82, 2.24) is 4.90 Å². The fourth-order valence-corrected chi connectivity index (χ4v) is 3.24. The molecule has 2 aromatic rings. The lowest BCUT2D eigenvalue weighted by molar-refractivity contribution is 0.182. The maximum atomic E-state index is 6.22. The van der Waals surface area contributed by atoms with Crippen LogP contribution in [-0.4, -0.2) is 18.5 Å². The van der Waals surface area contributed by atoms with E-state index in [2.05, 4.69) is 49.9 Å². The number of furan rings is 1. The minimum Gasteiger partial charge on any atom is -0.486 e. The maximum Gasteiger partial charge on any atom is 0.128 e. The topological polar surface area (TPSA) is 25.6 Å². The number of benzene rings is 1. The van der Waals surface area contributed by atoms with Crippen LogP contribution in [0.1, 0.15) is 29.6 Å². The van der Waals surface area contributed by atoms with E-state index >= 15 is 0 Å². The molecule has 1 atom stereocenters. The number of fused-ring (bicyclic) bond motifs is 1. The van der Waals surface area contributed by atoms with Gasteiger partial charge in [-0.1, -0.05) is 0 Å². The summed E-state index contributed by atoms with van der Waals surface area (Å²) in [5.41, 5.74) is 1.18. The van der Waals surface area contributed by atoms with Gasteiger partial charge in [0.05, 0.1) is 6.54 Å². The Balaban J connectivity index is 0.00000176. The summed E-state index contributed by atoms with van der Waals surface area (Å²) in [6.45, 7) is 3.82. The van der Waals surface area contributed by atoms with E-state index in [0.717, 1.165) is 45.7 Å². The summed E-state index contributed by atoms with van der Waals surface area (Å²) in [7, 11) is 2.11. The average Bonchev–Trinajstić information content (AvgIpc) is 2.72. The molecule has 120 valence electrons. The highest BCUT2D eigenvalue weighted by Crippen LogP contribution is 2.35. The van der Waals surface area contributed by atoms with Crippen LogP contribution in [0.3, 0.4) is 0 Å². The predicted octanol–water partition coefficient (Wildman–Crippen LogP) is 5.49. The monoisotopic (exact) mass is 449 g/mol. The molecule has 1 aliphatic heterocycles. The summed E-state index contributed by atoms with van der Waals surface area (Å²) < 4.78 is 14.1. The molecule has 3 nitrogen and oxygen atoms in total. The molecule has 1 aromatic carbocycles. The second-order valence-electron chi connectivity index (χ2n) is 5.44. The van der Waals surface area contributed by atoms with E-state index in [1.165, 1.54) is 5.56 Å². The Bertz CT molecular complexity index is 660. The second kappa shape index (κ2) is 7.39. The first-order valence-electron chi connectivity index (χ1n) is 6.92. The molecule has 0 aliphatic carbocycles. The quantitative estimate of drug-likeness (QED) is 0.604. The number of hydrogen-bond acceptors (Lipinski definition) is 3. The first kappa shape index (κ1) is 17.9. The van der Waals surface area contributed by atoms with Crippen molar-refractivity contribution >= 4 is 44.3 Å². The van der Waals surface area contributed by atoms with Gasteiger partial charge in [0.2, 0.25) is 0 Å². The van der Waals surface area contributed by atoms with Crippen molar-refractivity contribution in [1.29, 1.82) is 0 Å². The highest BCUT2D eigenvalue weighted by Gasteiger charge is 2.25. The van der Waals surface area contributed by atoms with Crippen molar-refractivity contribution in [2.75, 3.05) is 13.6 Å². The van der Waals surface area contributed by atoms with Crippen LogP contribution in [0.5, 0.6) is 5.75 Å². The van der Waals surface area contributed by atoms with Gasteiger partial charge in [0.1, 0.15) is 23.4 Å². The van der Waals surface area contributed by atoms with E-state index in [0.29, 0.717) is 0 Å². The number of hydrogen-bond donors (Lipinski definition) is 0. The van der Waals surface area contributed by atoms with E-state index < -0.39 is 0 Å². The summed E-state index contributed by atoms with van der Waals surface area (Å²) >= 11 is 7.00. The molecule has 0 N–H and O–H groups in total. The molecule has 2 heterocycles. The van der Waals surface area contributed by atoms with Gasteiger partial charge >= 0.3 is 0 Å². The maximum absolute atomic E-state index is 6.22. The van der Waals surface area contributed by atoms with Gasteiger partial charge in [0.15, 0.2) is 0 Å². The van der Waals surface area contributed by atoms with Crippen LogP contribution in [0, 0.1) is 6.92 Å². The number of ether oxygens (including phenoxy) is 1. The standard InChI is InChI=1S/C16H17Br2NO2.ClH/c1-10-7-12-15(5-6-19(2)9-16(12)20-10)21-11-3-4-13(17)14(18)8-11;/h3-4,7-8,15H,5-6,9H2,1-2H3;1H. The summed E-state index contributed by atoms with van der Waals surface area (Å²) in [6.07, 6.45) is 0.992. The summed E-state index contributed by atoms with van der Waals surface area (Å²) in [5.74, 6) is 2.83. The highest BCUT2D eigenvalue weighted by molar-refractivity contribution is 9.13. The fourth-order valence-electron chi connectivity index (χ4n) is 2.63. The van der Waals surface area contributed by atoms with Crippen LogP contribution in [0.4, 0.5) is 0 Å². The lowest BCUT2D eigenvalue weighted by Crippen LogP contribution is -2.18. The highest BCUT2D eigenvalue weighted by atomic mass is 79.9. The van der Waals surface area contributed by atoms with Gasteiger partial charge in [-0.2, -0.15) is 0 Å². The largest absolute Gasteiger partial charge is 0.486 e. The molecule has 22 heavy (non-hydrogen) atoms. The van der Waals surface area contributed by atoms with Gasteiger partial charge in [-0.15, -0.1) is 12.4 Å². The molecule has 0 spiro atoms. The SMILES string of the molecule is Cc1cc2c(o1)CN(C)CCC2Oc1ccc(Br)c(Br)c1.Cl. The lowest BCUT2D eigenvalue weighted by Gasteiger charge is -2.18. The first-order valence-corrected chi connectivity index (χ1v) is 8.51. The second-order valence-corrected chi connectivity index (χ2v) is 7.15. The first-order chi connectivity index (χ1) is 10.0. The molecule has 0 bridgehead atoms. The molecule has 0 radical (unpaired) electrons. The molecular formula is C16H18Br2ClNO2. The molecule has 0 saturated carbocycles. The zero-order chi connectivity index (χ0) is 15.0. The van der Waals surface area contributed by atoms with Crippen LogP contribution in [-0.2, 0) is 6.54 Å². The van der Waals surface area contributed by atoms with E-state index in [9.17, 15) is 0 Å². The third kappa shape index (κ3) is 3.88. The van der Waals surface area contributed by atoms with E-state index in [4.69, 9.17) is 9.15 Å². The number of aryl methyl sites for hydroxylation is 1. The minimum absolute atomic E-state index is 0. The molecule has 0 fully saturated rings. The minimum atomic E-state index is 0. The molecule has 1 unspecified atom stereocenters. The predicted molar refractivity (Wildman–Crippen MR) is 96.9 cm³/mol. The molecular weight excluding hydrogens is 433 g/mol. The molecule has 6 heteroatoms. The Morgan fingerprint density at radius 3 is 2.73 bits per heavy atom. The average molecular weight is 452 g/mol. The van der Waals surface area contributed by atoms with Gasteiger partial charge in [-0.3, -0.25) is 4.90 Å². The summed E-state index contributed by atoms with van der Waals surface area (Å²) in [6, 6.07) is 8.07. The Morgan fingerprint density at radius 2 is 2.00 bits per heavy atom. The smallest absolute Gasteiger partial charge is 0.128 e. The third-order valence-corrected chi connectivity index (χ3v) is 5.55. The van der Waals surface area contributed by atoms with E-state index in [1.807, 2.05) is 25.1 Å². The van der Waals surface area contributed by atoms with Crippen LogP contribution in [0.15, 0.2) is 37.6 Å². The van der Waals surface area contributed by atoms with Crippen molar-refractivity contribution < 1.29 is 9.15 Å². The van der Waals surface area contributed by atoms with Gasteiger partial charge in [-0.05, 0) is 70.1 Å². The number of halogens is 3. The third-order valence-electron chi connectivity index (χ3n) is 3.67. The fraction of sp³-hybridized carbons (Fsp3) is 0.375. The van der Waals surface area contributed by atoms with Crippen molar-refractivity contribution in [3.05, 3.63) is 50.3 Å². The Morgan fingerprint density at radius 1 is 1.23 bits per heavy atom. The Hall–Kier alpha value is -0.490. The molecule has 0 saturated heterocycles. The van der Waals surface area contributed by atoms with Crippen molar-refractivity contribution in [3.63, 3.8) is 0 Å². The zero-order valence-corrected chi connectivity index (χ0v) is 16.4. The van der Waals surface area contributed by atoms with E-state index in [-0.39, 0.29) is 18.5 Å². The van der Waals surface area contributed by atoms with Crippen molar-refractivity contribution in [3.8, 4) is 5.75 Å². The van der Waals surface area contributed by atoms with Gasteiger partial charge in [0, 0.05) is 27.5 Å². The van der Waals surface area contributed by atoms with Crippen LogP contribution < -0.4 is 4.74 Å². The Kier molecular flexibility index (Phi) is 6.00.